The number of hydrogen-bond donors (Lipinski definition) is 2. The van der Waals surface area contributed by atoms with Crippen LogP contribution >= 0.6 is 11.8 Å². The van der Waals surface area contributed by atoms with Gasteiger partial charge in [-0.2, -0.15) is 0 Å². The number of thioether (sulfide) groups is 1. The van der Waals surface area contributed by atoms with Crippen molar-refractivity contribution >= 4 is 45.7 Å². The van der Waals surface area contributed by atoms with Crippen LogP contribution < -0.4 is 10.6 Å². The Morgan fingerprint density at radius 3 is 2.39 bits per heavy atom. The van der Waals surface area contributed by atoms with Crippen molar-refractivity contribution in [3.05, 3.63) is 66.7 Å². The molecule has 4 rings (SSSR count). The Morgan fingerprint density at radius 1 is 0.839 bits per heavy atom. The van der Waals surface area contributed by atoms with Gasteiger partial charge in [-0.05, 0) is 60.9 Å². The molecule has 1 saturated carbocycles. The van der Waals surface area contributed by atoms with Gasteiger partial charge in [0.1, 0.15) is 0 Å². The van der Waals surface area contributed by atoms with Gasteiger partial charge >= 0.3 is 0 Å². The summed E-state index contributed by atoms with van der Waals surface area (Å²) in [5.41, 5.74) is 1.59. The highest BCUT2D eigenvalue weighted by Gasteiger charge is 2.21. The zero-order chi connectivity index (χ0) is 21.6. The normalized spacial score (nSPS) is 15.4. The minimum atomic E-state index is -0.268. The smallest absolute Gasteiger partial charge is 0.237 e. The highest BCUT2D eigenvalue weighted by atomic mass is 32.2. The maximum absolute atomic E-state index is 12.7. The Balaban J connectivity index is 1.36. The minimum absolute atomic E-state index is 0.0445. The topological polar surface area (TPSA) is 58.2 Å². The molecule has 1 atom stereocenters. The first kappa shape index (κ1) is 21.4. The second kappa shape index (κ2) is 10.0. The summed E-state index contributed by atoms with van der Waals surface area (Å²) in [6, 6.07) is 21.8. The van der Waals surface area contributed by atoms with Crippen LogP contribution in [0.5, 0.6) is 0 Å². The number of anilines is 2. The molecule has 4 nitrogen and oxygen atoms in total. The summed E-state index contributed by atoms with van der Waals surface area (Å²) < 4.78 is 0. The van der Waals surface area contributed by atoms with Gasteiger partial charge in [-0.15, -0.1) is 11.8 Å². The molecule has 0 aromatic heterocycles. The molecule has 1 fully saturated rings. The molecule has 3 aromatic rings. The summed E-state index contributed by atoms with van der Waals surface area (Å²) in [5.74, 6) is 0.192. The van der Waals surface area contributed by atoms with E-state index in [0.717, 1.165) is 52.7 Å². The molecule has 1 aliphatic rings. The third-order valence-electron chi connectivity index (χ3n) is 5.78. The summed E-state index contributed by atoms with van der Waals surface area (Å²) in [5, 5.41) is 8.05. The third kappa shape index (κ3) is 5.67. The third-order valence-corrected chi connectivity index (χ3v) is 6.87. The van der Waals surface area contributed by atoms with Gasteiger partial charge in [0.05, 0.1) is 5.25 Å². The molecule has 1 aliphatic carbocycles. The first-order valence-electron chi connectivity index (χ1n) is 11.0. The lowest BCUT2D eigenvalue weighted by Crippen LogP contribution is -2.24. The van der Waals surface area contributed by atoms with Gasteiger partial charge in [-0.1, -0.05) is 55.7 Å². The van der Waals surface area contributed by atoms with E-state index >= 15 is 0 Å². The Bertz CT molecular complexity index is 1080. The van der Waals surface area contributed by atoms with Crippen molar-refractivity contribution in [3.63, 3.8) is 0 Å². The Morgan fingerprint density at radius 2 is 1.58 bits per heavy atom. The Kier molecular flexibility index (Phi) is 6.92. The van der Waals surface area contributed by atoms with E-state index < -0.39 is 0 Å². The van der Waals surface area contributed by atoms with Crippen molar-refractivity contribution in [1.82, 2.24) is 0 Å². The van der Waals surface area contributed by atoms with E-state index in [1.807, 2.05) is 67.6 Å². The lowest BCUT2D eigenvalue weighted by molar-refractivity contribution is -0.120. The molecule has 0 aliphatic heterocycles. The van der Waals surface area contributed by atoms with Crippen molar-refractivity contribution in [2.45, 2.75) is 49.2 Å². The van der Waals surface area contributed by atoms with E-state index in [0.29, 0.717) is 0 Å². The van der Waals surface area contributed by atoms with Gasteiger partial charge in [-0.25, -0.2) is 0 Å². The molecular weight excluding hydrogens is 404 g/mol. The molecule has 5 heteroatoms. The molecule has 160 valence electrons. The van der Waals surface area contributed by atoms with E-state index in [-0.39, 0.29) is 23.0 Å². The summed E-state index contributed by atoms with van der Waals surface area (Å²) >= 11 is 1.49. The van der Waals surface area contributed by atoms with Crippen molar-refractivity contribution in [1.29, 1.82) is 0 Å². The van der Waals surface area contributed by atoms with E-state index in [2.05, 4.69) is 16.7 Å². The quantitative estimate of drug-likeness (QED) is 0.438. The summed E-state index contributed by atoms with van der Waals surface area (Å²) in [4.78, 5) is 26.2. The van der Waals surface area contributed by atoms with E-state index in [1.54, 1.807) is 0 Å². The number of carbonyl (C=O) groups is 2. The van der Waals surface area contributed by atoms with Gasteiger partial charge in [0.15, 0.2) is 0 Å². The fourth-order valence-electron chi connectivity index (χ4n) is 4.02. The fraction of sp³-hybridized carbons (Fsp3) is 0.308. The molecule has 2 N–H and O–H groups in total. The minimum Gasteiger partial charge on any atom is -0.326 e. The molecular formula is C26H28N2O2S. The van der Waals surface area contributed by atoms with E-state index in [9.17, 15) is 9.59 Å². The van der Waals surface area contributed by atoms with Crippen molar-refractivity contribution in [2.24, 2.45) is 5.92 Å². The van der Waals surface area contributed by atoms with Crippen LogP contribution in [0.25, 0.3) is 10.8 Å². The number of nitrogens with one attached hydrogen (secondary N) is 2. The van der Waals surface area contributed by atoms with Crippen LogP contribution in [0.2, 0.25) is 0 Å². The number of benzene rings is 3. The molecule has 0 spiro atoms. The molecule has 0 radical (unpaired) electrons. The zero-order valence-corrected chi connectivity index (χ0v) is 18.6. The van der Waals surface area contributed by atoms with Gasteiger partial charge in [0, 0.05) is 22.2 Å². The van der Waals surface area contributed by atoms with Crippen LogP contribution in [0.3, 0.4) is 0 Å². The average molecular weight is 433 g/mol. The molecule has 3 aromatic carbocycles. The van der Waals surface area contributed by atoms with Crippen LogP contribution in [0, 0.1) is 5.92 Å². The second-order valence-electron chi connectivity index (χ2n) is 8.16. The van der Waals surface area contributed by atoms with Crippen LogP contribution in [0.15, 0.2) is 71.6 Å². The maximum Gasteiger partial charge on any atom is 0.237 e. The summed E-state index contributed by atoms with van der Waals surface area (Å²) in [7, 11) is 0. The van der Waals surface area contributed by atoms with Gasteiger partial charge in [0.25, 0.3) is 0 Å². The van der Waals surface area contributed by atoms with E-state index in [1.165, 1.54) is 18.2 Å². The standard InChI is InChI=1S/C26H28N2O2S/c1-18(25(29)27-23-15-14-19-8-5-6-11-21(19)16-23)31-24-13-7-12-22(17-24)28-26(30)20-9-3-2-4-10-20/h5-8,11-18,20H,2-4,9-10H2,1H3,(H,27,29)(H,28,30). The van der Waals surface area contributed by atoms with Crippen LogP contribution in [-0.2, 0) is 9.59 Å². The fourth-order valence-corrected chi connectivity index (χ4v) is 4.95. The maximum atomic E-state index is 12.7. The van der Waals surface area contributed by atoms with Gasteiger partial charge in [0.2, 0.25) is 11.8 Å². The number of amides is 2. The molecule has 0 bridgehead atoms. The first-order chi connectivity index (χ1) is 15.1. The SMILES string of the molecule is CC(Sc1cccc(NC(=O)C2CCCCC2)c1)C(=O)Nc1ccc2ccccc2c1. The molecule has 0 saturated heterocycles. The number of hydrogen-bond acceptors (Lipinski definition) is 3. The highest BCUT2D eigenvalue weighted by molar-refractivity contribution is 8.00. The van der Waals surface area contributed by atoms with Gasteiger partial charge in [-0.3, -0.25) is 9.59 Å². The predicted octanol–water partition coefficient (Wildman–Crippen LogP) is 6.48. The van der Waals surface area contributed by atoms with Crippen molar-refractivity contribution in [3.8, 4) is 0 Å². The first-order valence-corrected chi connectivity index (χ1v) is 11.8. The molecule has 1 unspecified atom stereocenters. The lowest BCUT2D eigenvalue weighted by atomic mass is 9.88. The summed E-state index contributed by atoms with van der Waals surface area (Å²) in [6.07, 6.45) is 5.46. The molecule has 31 heavy (non-hydrogen) atoms. The number of rotatable bonds is 6. The van der Waals surface area contributed by atoms with Crippen LogP contribution in [0.4, 0.5) is 11.4 Å². The average Bonchev–Trinajstić information content (AvgIpc) is 2.79. The number of carbonyl (C=O) groups excluding carboxylic acids is 2. The van der Waals surface area contributed by atoms with E-state index in [4.69, 9.17) is 0 Å². The zero-order valence-electron chi connectivity index (χ0n) is 17.8. The van der Waals surface area contributed by atoms with Crippen molar-refractivity contribution < 1.29 is 9.59 Å². The van der Waals surface area contributed by atoms with Crippen molar-refractivity contribution in [2.75, 3.05) is 10.6 Å². The van der Waals surface area contributed by atoms with Crippen LogP contribution in [-0.4, -0.2) is 17.1 Å². The lowest BCUT2D eigenvalue weighted by Gasteiger charge is -2.21. The largest absolute Gasteiger partial charge is 0.326 e. The number of fused-ring (bicyclic) bond motifs is 1. The Labute approximate surface area is 187 Å². The summed E-state index contributed by atoms with van der Waals surface area (Å²) in [6.45, 7) is 1.90. The van der Waals surface area contributed by atoms with Gasteiger partial charge < -0.3 is 10.6 Å². The molecule has 2 amide bonds. The monoisotopic (exact) mass is 432 g/mol. The Hall–Kier alpha value is -2.79. The second-order valence-corrected chi connectivity index (χ2v) is 9.58. The molecule has 0 heterocycles. The highest BCUT2D eigenvalue weighted by Crippen LogP contribution is 2.29. The predicted molar refractivity (Wildman–Crippen MR) is 130 cm³/mol. The van der Waals surface area contributed by atoms with Crippen LogP contribution in [0.1, 0.15) is 39.0 Å².